The van der Waals surface area contributed by atoms with Gasteiger partial charge >= 0.3 is 5.97 Å². The summed E-state index contributed by atoms with van der Waals surface area (Å²) in [5.41, 5.74) is 1.62. The van der Waals surface area contributed by atoms with Crippen LogP contribution in [-0.2, 0) is 27.3 Å². The van der Waals surface area contributed by atoms with Gasteiger partial charge in [-0.15, -0.1) is 0 Å². The molecular weight excluding hydrogens is 356 g/mol. The van der Waals surface area contributed by atoms with Gasteiger partial charge in [0.05, 0.1) is 0 Å². The summed E-state index contributed by atoms with van der Waals surface area (Å²) in [6.07, 6.45) is 2.85. The van der Waals surface area contributed by atoms with Crippen molar-refractivity contribution in [3.05, 3.63) is 34.3 Å². The molecule has 0 bridgehead atoms. The Hall–Kier alpha value is -2.08. The van der Waals surface area contributed by atoms with Gasteiger partial charge < -0.3 is 15.3 Å². The van der Waals surface area contributed by atoms with E-state index in [4.69, 9.17) is 16.7 Å². The van der Waals surface area contributed by atoms with Crippen molar-refractivity contribution >= 4 is 29.4 Å². The summed E-state index contributed by atoms with van der Waals surface area (Å²) in [4.78, 5) is 37.1. The molecule has 0 spiro atoms. The zero-order chi connectivity index (χ0) is 18.7. The van der Waals surface area contributed by atoms with E-state index in [1.54, 1.807) is 0 Å². The van der Waals surface area contributed by atoms with Gasteiger partial charge in [-0.1, -0.05) is 23.7 Å². The second kappa shape index (κ2) is 7.66. The molecule has 6 nitrogen and oxygen atoms in total. The first kappa shape index (κ1) is 18.7. The minimum Gasteiger partial charge on any atom is -0.481 e. The average molecular weight is 379 g/mol. The Morgan fingerprint density at radius 1 is 1.23 bits per heavy atom. The van der Waals surface area contributed by atoms with E-state index in [0.717, 1.165) is 22.6 Å². The lowest BCUT2D eigenvalue weighted by molar-refractivity contribution is -0.137. The van der Waals surface area contributed by atoms with Crippen LogP contribution in [0.1, 0.15) is 49.7 Å². The van der Waals surface area contributed by atoms with E-state index in [0.29, 0.717) is 45.2 Å². The highest BCUT2D eigenvalue weighted by Gasteiger charge is 2.38. The highest BCUT2D eigenvalue weighted by atomic mass is 35.5. The third-order valence-corrected chi connectivity index (χ3v) is 5.79. The summed E-state index contributed by atoms with van der Waals surface area (Å²) in [5.74, 6) is -0.919. The van der Waals surface area contributed by atoms with Gasteiger partial charge in [-0.2, -0.15) is 0 Å². The SMILES string of the molecule is O=C(O)CC[C@@]1(CCC(=O)N2CCc3c(Cl)cccc3C2)CCC(=O)N1. The van der Waals surface area contributed by atoms with Crippen molar-refractivity contribution in [3.63, 3.8) is 0 Å². The molecule has 1 fully saturated rings. The molecule has 140 valence electrons. The first-order chi connectivity index (χ1) is 12.4. The van der Waals surface area contributed by atoms with E-state index in [9.17, 15) is 14.4 Å². The van der Waals surface area contributed by atoms with Crippen LogP contribution in [0.4, 0.5) is 0 Å². The maximum atomic E-state index is 12.7. The Morgan fingerprint density at radius 3 is 2.69 bits per heavy atom. The third kappa shape index (κ3) is 4.18. The van der Waals surface area contributed by atoms with E-state index in [-0.39, 0.29) is 18.2 Å². The number of amides is 2. The Labute approximate surface area is 157 Å². The molecule has 1 saturated heterocycles. The van der Waals surface area contributed by atoms with Crippen LogP contribution in [0.3, 0.4) is 0 Å². The summed E-state index contributed by atoms with van der Waals surface area (Å²) in [6, 6.07) is 5.75. The van der Waals surface area contributed by atoms with Crippen molar-refractivity contribution in [1.82, 2.24) is 10.2 Å². The number of halogens is 1. The zero-order valence-corrected chi connectivity index (χ0v) is 15.3. The number of hydrogen-bond donors (Lipinski definition) is 2. The molecule has 26 heavy (non-hydrogen) atoms. The minimum absolute atomic E-state index is 0.00986. The Kier molecular flexibility index (Phi) is 5.51. The molecule has 0 aromatic heterocycles. The number of carbonyl (C=O) groups is 3. The number of aliphatic carboxylic acids is 1. The quantitative estimate of drug-likeness (QED) is 0.796. The molecule has 0 aliphatic carbocycles. The number of carbonyl (C=O) groups excluding carboxylic acids is 2. The van der Waals surface area contributed by atoms with Crippen molar-refractivity contribution in [1.29, 1.82) is 0 Å². The lowest BCUT2D eigenvalue weighted by atomic mass is 9.86. The third-order valence-electron chi connectivity index (χ3n) is 5.43. The monoisotopic (exact) mass is 378 g/mol. The molecule has 2 aliphatic heterocycles. The van der Waals surface area contributed by atoms with Crippen LogP contribution >= 0.6 is 11.6 Å². The second-order valence-electron chi connectivity index (χ2n) is 7.17. The Morgan fingerprint density at radius 2 is 2.00 bits per heavy atom. The molecule has 1 atom stereocenters. The highest BCUT2D eigenvalue weighted by Crippen LogP contribution is 2.31. The fourth-order valence-electron chi connectivity index (χ4n) is 3.90. The normalized spacial score (nSPS) is 22.0. The van der Waals surface area contributed by atoms with Gasteiger partial charge in [-0.3, -0.25) is 14.4 Å². The molecule has 3 rings (SSSR count). The van der Waals surface area contributed by atoms with E-state index in [1.807, 2.05) is 23.1 Å². The number of carboxylic acid groups (broad SMARTS) is 1. The number of hydrogen-bond acceptors (Lipinski definition) is 3. The fourth-order valence-corrected chi connectivity index (χ4v) is 4.19. The molecule has 7 heteroatoms. The average Bonchev–Trinajstić information content (AvgIpc) is 2.99. The van der Waals surface area contributed by atoms with E-state index >= 15 is 0 Å². The molecule has 0 saturated carbocycles. The van der Waals surface area contributed by atoms with Crippen LogP contribution in [0.25, 0.3) is 0 Å². The molecule has 1 aromatic carbocycles. The molecule has 0 radical (unpaired) electrons. The van der Waals surface area contributed by atoms with E-state index < -0.39 is 11.5 Å². The topological polar surface area (TPSA) is 86.7 Å². The molecule has 0 unspecified atom stereocenters. The Balaban J connectivity index is 1.60. The smallest absolute Gasteiger partial charge is 0.303 e. The summed E-state index contributed by atoms with van der Waals surface area (Å²) >= 11 is 6.22. The zero-order valence-electron chi connectivity index (χ0n) is 14.6. The highest BCUT2D eigenvalue weighted by molar-refractivity contribution is 6.31. The van der Waals surface area contributed by atoms with Crippen LogP contribution in [-0.4, -0.2) is 39.9 Å². The second-order valence-corrected chi connectivity index (χ2v) is 7.57. The van der Waals surface area contributed by atoms with Crippen molar-refractivity contribution in [2.75, 3.05) is 6.54 Å². The standard InChI is InChI=1S/C19H23ClN2O4/c20-15-3-1-2-13-12-22(11-7-14(13)15)17(24)5-9-19(10-6-18(25)26)8-4-16(23)21-19/h1-3H,4-12H2,(H,21,23)(H,25,26)/t19-/m0/s1. The van der Waals surface area contributed by atoms with Gasteiger partial charge in [0, 0.05) is 42.9 Å². The lowest BCUT2D eigenvalue weighted by Gasteiger charge is -2.32. The number of nitrogens with one attached hydrogen (secondary N) is 1. The van der Waals surface area contributed by atoms with Crippen molar-refractivity contribution in [3.8, 4) is 0 Å². The first-order valence-electron chi connectivity index (χ1n) is 8.95. The summed E-state index contributed by atoms with van der Waals surface area (Å²) in [6.45, 7) is 1.17. The van der Waals surface area contributed by atoms with Crippen molar-refractivity contribution in [2.24, 2.45) is 0 Å². The largest absolute Gasteiger partial charge is 0.481 e. The number of rotatable bonds is 6. The molecule has 2 heterocycles. The fraction of sp³-hybridized carbons (Fsp3) is 0.526. The molecule has 2 amide bonds. The van der Waals surface area contributed by atoms with Gasteiger partial charge in [0.2, 0.25) is 11.8 Å². The van der Waals surface area contributed by atoms with Crippen molar-refractivity contribution in [2.45, 2.75) is 57.0 Å². The minimum atomic E-state index is -0.888. The lowest BCUT2D eigenvalue weighted by Crippen LogP contribution is -2.44. The number of carboxylic acids is 1. The van der Waals surface area contributed by atoms with Gasteiger partial charge in [-0.05, 0) is 42.9 Å². The maximum Gasteiger partial charge on any atom is 0.303 e. The molecule has 2 aliphatic rings. The van der Waals surface area contributed by atoms with Gasteiger partial charge in [-0.25, -0.2) is 0 Å². The van der Waals surface area contributed by atoms with E-state index in [2.05, 4.69) is 5.32 Å². The number of nitrogens with zero attached hydrogens (tertiary/aromatic N) is 1. The molecule has 2 N–H and O–H groups in total. The summed E-state index contributed by atoms with van der Waals surface area (Å²) in [5, 5.41) is 12.6. The van der Waals surface area contributed by atoms with Crippen LogP contribution in [0.15, 0.2) is 18.2 Å². The van der Waals surface area contributed by atoms with Gasteiger partial charge in [0.25, 0.3) is 0 Å². The summed E-state index contributed by atoms with van der Waals surface area (Å²) in [7, 11) is 0. The first-order valence-corrected chi connectivity index (χ1v) is 9.33. The number of fused-ring (bicyclic) bond motifs is 1. The van der Waals surface area contributed by atoms with Crippen molar-refractivity contribution < 1.29 is 19.5 Å². The molecular formula is C19H23ClN2O4. The van der Waals surface area contributed by atoms with E-state index in [1.165, 1.54) is 0 Å². The molecule has 1 aromatic rings. The van der Waals surface area contributed by atoms with Crippen LogP contribution in [0.5, 0.6) is 0 Å². The predicted octanol–water partition coefficient (Wildman–Crippen LogP) is 2.52. The van der Waals surface area contributed by atoms with Gasteiger partial charge in [0.1, 0.15) is 0 Å². The van der Waals surface area contributed by atoms with Crippen LogP contribution in [0, 0.1) is 0 Å². The van der Waals surface area contributed by atoms with Gasteiger partial charge in [0.15, 0.2) is 0 Å². The predicted molar refractivity (Wildman–Crippen MR) is 96.8 cm³/mol. The number of benzene rings is 1. The summed E-state index contributed by atoms with van der Waals surface area (Å²) < 4.78 is 0. The van der Waals surface area contributed by atoms with Crippen LogP contribution in [0.2, 0.25) is 5.02 Å². The maximum absolute atomic E-state index is 12.7. The Bertz CT molecular complexity index is 736. The van der Waals surface area contributed by atoms with Crippen LogP contribution < -0.4 is 5.32 Å².